The topological polar surface area (TPSA) is 69.0 Å². The fraction of sp³-hybridized carbons (Fsp3) is 0.474. The van der Waals surface area contributed by atoms with Gasteiger partial charge in [0.2, 0.25) is 0 Å². The summed E-state index contributed by atoms with van der Waals surface area (Å²) in [4.78, 5) is 23.9. The lowest BCUT2D eigenvalue weighted by atomic mass is 9.98. The summed E-state index contributed by atoms with van der Waals surface area (Å²) in [6.45, 7) is 8.11. The summed E-state index contributed by atoms with van der Waals surface area (Å²) in [7, 11) is 0. The molecule has 0 N–H and O–H groups in total. The van der Waals surface area contributed by atoms with Gasteiger partial charge >= 0.3 is 5.63 Å². The smallest absolute Gasteiger partial charge is 0.336 e. The molecule has 0 spiro atoms. The normalized spacial score (nSPS) is 18.8. The van der Waals surface area contributed by atoms with Crippen molar-refractivity contribution in [1.29, 1.82) is 0 Å². The minimum atomic E-state index is -0.440. The summed E-state index contributed by atoms with van der Waals surface area (Å²) < 4.78 is 16.8. The van der Waals surface area contributed by atoms with E-state index in [0.717, 1.165) is 5.39 Å². The monoisotopic (exact) mass is 330 g/mol. The van der Waals surface area contributed by atoms with Crippen LogP contribution in [0.5, 0.6) is 5.75 Å². The Balaban J connectivity index is 1.96. The highest BCUT2D eigenvalue weighted by molar-refractivity contribution is 5.90. The second-order valence-corrected chi connectivity index (χ2v) is 7.03. The SMILES string of the molecule is CC(C)C(=O)Cc1c(OC[C@@H]2OC2(C)C)ccc2ccc(=O)oc12. The molecule has 1 atom stereocenters. The van der Waals surface area contributed by atoms with Crippen LogP contribution >= 0.6 is 0 Å². The van der Waals surface area contributed by atoms with Crippen molar-refractivity contribution in [3.05, 3.63) is 40.2 Å². The van der Waals surface area contributed by atoms with Gasteiger partial charge in [0, 0.05) is 29.4 Å². The molecular weight excluding hydrogens is 308 g/mol. The lowest BCUT2D eigenvalue weighted by Crippen LogP contribution is -2.15. The maximum atomic E-state index is 12.2. The number of carbonyl (C=O) groups excluding carboxylic acids is 1. The van der Waals surface area contributed by atoms with Crippen molar-refractivity contribution < 1.29 is 18.7 Å². The Morgan fingerprint density at radius 3 is 2.54 bits per heavy atom. The Labute approximate surface area is 140 Å². The van der Waals surface area contributed by atoms with Gasteiger partial charge in [-0.05, 0) is 32.0 Å². The average molecular weight is 330 g/mol. The molecule has 0 bridgehead atoms. The van der Waals surface area contributed by atoms with Crippen LogP contribution in [0.2, 0.25) is 0 Å². The maximum Gasteiger partial charge on any atom is 0.336 e. The summed E-state index contributed by atoms with van der Waals surface area (Å²) in [6.07, 6.45) is 0.205. The highest BCUT2D eigenvalue weighted by Crippen LogP contribution is 2.36. The Kier molecular flexibility index (Phi) is 4.22. The molecule has 5 nitrogen and oxygen atoms in total. The fourth-order valence-corrected chi connectivity index (χ4v) is 2.59. The van der Waals surface area contributed by atoms with Crippen LogP contribution in [0, 0.1) is 5.92 Å². The Morgan fingerprint density at radius 1 is 1.25 bits per heavy atom. The molecule has 128 valence electrons. The molecule has 1 aromatic heterocycles. The van der Waals surface area contributed by atoms with E-state index in [1.54, 1.807) is 6.07 Å². The predicted octanol–water partition coefficient (Wildman–Crippen LogP) is 3.12. The standard InChI is InChI=1S/C19H22O5/c1-11(2)14(20)9-13-15(22-10-16-19(3,4)24-16)7-5-12-6-8-17(21)23-18(12)13/h5-8,11,16H,9-10H2,1-4H3/t16-/m0/s1. The zero-order valence-corrected chi connectivity index (χ0v) is 14.4. The quantitative estimate of drug-likeness (QED) is 0.601. The van der Waals surface area contributed by atoms with Crippen molar-refractivity contribution in [2.75, 3.05) is 6.61 Å². The second-order valence-electron chi connectivity index (χ2n) is 7.03. The van der Waals surface area contributed by atoms with Gasteiger partial charge in [0.05, 0.1) is 5.60 Å². The zero-order chi connectivity index (χ0) is 17.5. The van der Waals surface area contributed by atoms with Crippen LogP contribution in [0.25, 0.3) is 11.0 Å². The van der Waals surface area contributed by atoms with E-state index in [2.05, 4.69) is 0 Å². The molecule has 24 heavy (non-hydrogen) atoms. The van der Waals surface area contributed by atoms with E-state index in [1.807, 2.05) is 39.8 Å². The van der Waals surface area contributed by atoms with Gasteiger partial charge in [0.15, 0.2) is 0 Å². The molecule has 0 unspecified atom stereocenters. The third-order valence-corrected chi connectivity index (χ3v) is 4.40. The first kappa shape index (κ1) is 16.7. The van der Waals surface area contributed by atoms with Crippen molar-refractivity contribution in [2.24, 2.45) is 5.92 Å². The van der Waals surface area contributed by atoms with Gasteiger partial charge in [0.1, 0.15) is 29.8 Å². The van der Waals surface area contributed by atoms with Gasteiger partial charge in [-0.3, -0.25) is 4.79 Å². The zero-order valence-electron chi connectivity index (χ0n) is 14.4. The number of hydrogen-bond acceptors (Lipinski definition) is 5. The van der Waals surface area contributed by atoms with Crippen LogP contribution in [0.15, 0.2) is 33.5 Å². The molecule has 0 aliphatic carbocycles. The number of hydrogen-bond donors (Lipinski definition) is 0. The number of rotatable bonds is 6. The summed E-state index contributed by atoms with van der Waals surface area (Å²) in [5.41, 5.74) is 0.439. The molecule has 5 heteroatoms. The second kappa shape index (κ2) is 6.06. The van der Waals surface area contributed by atoms with Crippen molar-refractivity contribution in [3.8, 4) is 5.75 Å². The van der Waals surface area contributed by atoms with Crippen molar-refractivity contribution in [3.63, 3.8) is 0 Å². The Bertz CT molecular complexity index is 831. The average Bonchev–Trinajstić information content (AvgIpc) is 3.13. The first-order valence-corrected chi connectivity index (χ1v) is 8.17. The number of carbonyl (C=O) groups is 1. The fourth-order valence-electron chi connectivity index (χ4n) is 2.59. The first-order chi connectivity index (χ1) is 11.3. The van der Waals surface area contributed by atoms with Gasteiger partial charge in [-0.25, -0.2) is 4.79 Å². The largest absolute Gasteiger partial charge is 0.490 e. The number of benzene rings is 1. The van der Waals surface area contributed by atoms with Gasteiger partial charge in [-0.2, -0.15) is 0 Å². The lowest BCUT2D eigenvalue weighted by molar-refractivity contribution is -0.121. The van der Waals surface area contributed by atoms with E-state index in [4.69, 9.17) is 13.9 Å². The molecule has 0 saturated carbocycles. The molecule has 1 fully saturated rings. The summed E-state index contributed by atoms with van der Waals surface area (Å²) in [6, 6.07) is 6.72. The van der Waals surface area contributed by atoms with Crippen LogP contribution in [0.3, 0.4) is 0 Å². The number of fused-ring (bicyclic) bond motifs is 1. The number of epoxide rings is 1. The van der Waals surface area contributed by atoms with Crippen molar-refractivity contribution in [2.45, 2.75) is 45.8 Å². The van der Waals surface area contributed by atoms with Crippen LogP contribution < -0.4 is 10.4 Å². The molecule has 1 aliphatic rings. The minimum absolute atomic E-state index is 0.0321. The first-order valence-electron chi connectivity index (χ1n) is 8.17. The molecule has 0 amide bonds. The summed E-state index contributed by atoms with van der Waals surface area (Å²) >= 11 is 0. The third-order valence-electron chi connectivity index (χ3n) is 4.40. The van der Waals surface area contributed by atoms with E-state index < -0.39 is 5.63 Å². The number of ether oxygens (including phenoxy) is 2. The predicted molar refractivity (Wildman–Crippen MR) is 90.5 cm³/mol. The third kappa shape index (κ3) is 3.36. The summed E-state index contributed by atoms with van der Waals surface area (Å²) in [5, 5.41) is 0.775. The molecule has 2 heterocycles. The van der Waals surface area contributed by atoms with Gasteiger partial charge in [-0.1, -0.05) is 13.8 Å². The molecule has 1 saturated heterocycles. The lowest BCUT2D eigenvalue weighted by Gasteiger charge is -2.13. The van der Waals surface area contributed by atoms with E-state index in [-0.39, 0.29) is 29.8 Å². The Hall–Kier alpha value is -2.14. The van der Waals surface area contributed by atoms with Crippen LogP contribution in [-0.4, -0.2) is 24.1 Å². The van der Waals surface area contributed by atoms with Crippen LogP contribution in [0.1, 0.15) is 33.3 Å². The molecule has 1 aromatic carbocycles. The van der Waals surface area contributed by atoms with Gasteiger partial charge in [-0.15, -0.1) is 0 Å². The number of ketones is 1. The minimum Gasteiger partial charge on any atom is -0.490 e. The Morgan fingerprint density at radius 2 is 1.92 bits per heavy atom. The van der Waals surface area contributed by atoms with E-state index in [9.17, 15) is 9.59 Å². The number of Topliss-reactive ketones (excluding diaryl/α,β-unsaturated/α-hetero) is 1. The van der Waals surface area contributed by atoms with E-state index in [0.29, 0.717) is 23.5 Å². The molecular formula is C19H22O5. The van der Waals surface area contributed by atoms with Gasteiger partial charge < -0.3 is 13.9 Å². The van der Waals surface area contributed by atoms with Crippen LogP contribution in [0.4, 0.5) is 0 Å². The maximum absolute atomic E-state index is 12.2. The highest BCUT2D eigenvalue weighted by atomic mass is 16.6. The van der Waals surface area contributed by atoms with E-state index >= 15 is 0 Å². The van der Waals surface area contributed by atoms with Gasteiger partial charge in [0.25, 0.3) is 0 Å². The highest BCUT2D eigenvalue weighted by Gasteiger charge is 2.48. The molecule has 1 aliphatic heterocycles. The molecule has 3 rings (SSSR count). The molecule has 0 radical (unpaired) electrons. The molecule has 2 aromatic rings. The summed E-state index contributed by atoms with van der Waals surface area (Å²) in [5.74, 6) is 0.535. The van der Waals surface area contributed by atoms with E-state index in [1.165, 1.54) is 6.07 Å². The van der Waals surface area contributed by atoms with Crippen molar-refractivity contribution in [1.82, 2.24) is 0 Å². The van der Waals surface area contributed by atoms with Crippen molar-refractivity contribution >= 4 is 16.8 Å². The van der Waals surface area contributed by atoms with Crippen LogP contribution in [-0.2, 0) is 16.0 Å².